The monoisotopic (exact) mass is 504 g/mol. The second kappa shape index (κ2) is 11.8. The van der Waals surface area contributed by atoms with Crippen LogP contribution in [-0.2, 0) is 16.1 Å². The largest absolute Gasteiger partial charge is 0.482 e. The molecule has 0 saturated carbocycles. The number of nitrogens with one attached hydrogen (secondary N) is 1. The van der Waals surface area contributed by atoms with E-state index in [0.717, 1.165) is 0 Å². The zero-order valence-corrected chi connectivity index (χ0v) is 20.4. The van der Waals surface area contributed by atoms with Gasteiger partial charge in [-0.3, -0.25) is 9.59 Å². The first kappa shape index (κ1) is 25.6. The Morgan fingerprint density at radius 3 is 2.16 bits per heavy atom. The van der Waals surface area contributed by atoms with Gasteiger partial charge in [0.2, 0.25) is 5.91 Å². The first-order valence-corrected chi connectivity index (χ1v) is 11.2. The lowest BCUT2D eigenvalue weighted by atomic mass is 10.1. The third-order valence-electron chi connectivity index (χ3n) is 4.42. The molecule has 0 heterocycles. The van der Waals surface area contributed by atoms with E-state index < -0.39 is 6.04 Å². The summed E-state index contributed by atoms with van der Waals surface area (Å²) >= 11 is 24.3. The molecular formula is C22H24Cl4N2O3. The second-order valence-corrected chi connectivity index (χ2v) is 8.90. The predicted molar refractivity (Wildman–Crippen MR) is 126 cm³/mol. The van der Waals surface area contributed by atoms with Gasteiger partial charge in [0.25, 0.3) is 5.91 Å². The summed E-state index contributed by atoms with van der Waals surface area (Å²) in [5.41, 5.74) is 0.666. The Morgan fingerprint density at radius 1 is 1.00 bits per heavy atom. The predicted octanol–water partition coefficient (Wildman–Crippen LogP) is 6.01. The van der Waals surface area contributed by atoms with E-state index in [4.69, 9.17) is 51.1 Å². The highest BCUT2D eigenvalue weighted by molar-refractivity contribution is 6.35. The highest BCUT2D eigenvalue weighted by atomic mass is 35.5. The van der Waals surface area contributed by atoms with Gasteiger partial charge in [0, 0.05) is 27.7 Å². The third-order valence-corrected chi connectivity index (χ3v) is 5.54. The van der Waals surface area contributed by atoms with Crippen molar-refractivity contribution >= 4 is 58.2 Å². The molecule has 31 heavy (non-hydrogen) atoms. The summed E-state index contributed by atoms with van der Waals surface area (Å²) in [6.07, 6.45) is 0.414. The molecule has 0 aromatic heterocycles. The van der Waals surface area contributed by atoms with Crippen LogP contribution in [0.15, 0.2) is 36.4 Å². The van der Waals surface area contributed by atoms with Crippen LogP contribution in [0.25, 0.3) is 0 Å². The second-order valence-electron chi connectivity index (χ2n) is 7.21. The molecule has 168 valence electrons. The zero-order chi connectivity index (χ0) is 23.1. The summed E-state index contributed by atoms with van der Waals surface area (Å²) in [6, 6.07) is 8.97. The van der Waals surface area contributed by atoms with E-state index in [1.54, 1.807) is 30.3 Å². The fourth-order valence-electron chi connectivity index (χ4n) is 2.95. The van der Waals surface area contributed by atoms with Crippen LogP contribution in [0.2, 0.25) is 20.1 Å². The van der Waals surface area contributed by atoms with Gasteiger partial charge in [-0.05, 0) is 56.2 Å². The maximum atomic E-state index is 13.2. The third kappa shape index (κ3) is 7.46. The number of hydrogen-bond donors (Lipinski definition) is 1. The molecule has 0 aliphatic rings. The van der Waals surface area contributed by atoms with E-state index in [1.165, 1.54) is 11.0 Å². The minimum Gasteiger partial charge on any atom is -0.482 e. The maximum Gasteiger partial charge on any atom is 0.261 e. The number of hydrogen-bond acceptors (Lipinski definition) is 3. The number of halogens is 4. The number of ether oxygens (including phenoxy) is 1. The van der Waals surface area contributed by atoms with Gasteiger partial charge in [0.15, 0.2) is 6.61 Å². The van der Waals surface area contributed by atoms with Gasteiger partial charge in [-0.25, -0.2) is 0 Å². The van der Waals surface area contributed by atoms with Crippen molar-refractivity contribution in [2.24, 2.45) is 0 Å². The van der Waals surface area contributed by atoms with Crippen LogP contribution in [0.4, 0.5) is 0 Å². The van der Waals surface area contributed by atoms with Crippen molar-refractivity contribution in [1.82, 2.24) is 10.2 Å². The fraction of sp³-hybridized carbons (Fsp3) is 0.364. The molecule has 2 aromatic carbocycles. The highest BCUT2D eigenvalue weighted by Crippen LogP contribution is 2.28. The van der Waals surface area contributed by atoms with Gasteiger partial charge < -0.3 is 15.0 Å². The van der Waals surface area contributed by atoms with E-state index in [0.29, 0.717) is 32.8 Å². The standard InChI is InChI=1S/C22H24Cl4N2O3/c1-4-19(22(30)27-13(2)3)28(11-14-5-6-15(23)9-17(14)25)21(29)12-31-20-8-7-16(24)10-18(20)26/h5-10,13,19H,4,11-12H2,1-3H3,(H,27,30). The quantitative estimate of drug-likeness (QED) is 0.453. The number of carbonyl (C=O) groups is 2. The Hall–Kier alpha value is -1.66. The van der Waals surface area contributed by atoms with Crippen LogP contribution in [0.5, 0.6) is 5.75 Å². The smallest absolute Gasteiger partial charge is 0.261 e. The van der Waals surface area contributed by atoms with Crippen molar-refractivity contribution < 1.29 is 14.3 Å². The average Bonchev–Trinajstić information content (AvgIpc) is 2.68. The molecule has 1 atom stereocenters. The van der Waals surface area contributed by atoms with Crippen molar-refractivity contribution in [3.63, 3.8) is 0 Å². The van der Waals surface area contributed by atoms with Crippen LogP contribution < -0.4 is 10.1 Å². The van der Waals surface area contributed by atoms with Gasteiger partial charge in [-0.2, -0.15) is 0 Å². The van der Waals surface area contributed by atoms with E-state index in [2.05, 4.69) is 5.32 Å². The lowest BCUT2D eigenvalue weighted by Gasteiger charge is -2.31. The summed E-state index contributed by atoms with van der Waals surface area (Å²) < 4.78 is 5.61. The minimum absolute atomic E-state index is 0.0678. The summed E-state index contributed by atoms with van der Waals surface area (Å²) in [5.74, 6) is -0.313. The molecule has 1 unspecified atom stereocenters. The number of carbonyl (C=O) groups excluding carboxylic acids is 2. The van der Waals surface area contributed by atoms with E-state index >= 15 is 0 Å². The lowest BCUT2D eigenvalue weighted by Crippen LogP contribution is -2.51. The SMILES string of the molecule is CCC(C(=O)NC(C)C)N(Cc1ccc(Cl)cc1Cl)C(=O)COc1ccc(Cl)cc1Cl. The normalized spacial score (nSPS) is 11.9. The molecule has 0 saturated heterocycles. The molecular weight excluding hydrogens is 482 g/mol. The van der Waals surface area contributed by atoms with E-state index in [9.17, 15) is 9.59 Å². The Bertz CT molecular complexity index is 937. The first-order valence-electron chi connectivity index (χ1n) is 9.74. The van der Waals surface area contributed by atoms with Crippen molar-refractivity contribution in [3.05, 3.63) is 62.1 Å². The Labute approximate surface area is 202 Å². The van der Waals surface area contributed by atoms with Crippen molar-refractivity contribution in [2.75, 3.05) is 6.61 Å². The van der Waals surface area contributed by atoms with Crippen molar-refractivity contribution in [1.29, 1.82) is 0 Å². The number of amides is 2. The molecule has 2 rings (SSSR count). The molecule has 1 N–H and O–H groups in total. The van der Waals surface area contributed by atoms with Gasteiger partial charge in [-0.15, -0.1) is 0 Å². The molecule has 5 nitrogen and oxygen atoms in total. The summed E-state index contributed by atoms with van der Waals surface area (Å²) in [7, 11) is 0. The van der Waals surface area contributed by atoms with Crippen LogP contribution in [0.1, 0.15) is 32.8 Å². The van der Waals surface area contributed by atoms with Gasteiger partial charge in [0.1, 0.15) is 11.8 Å². The molecule has 0 aliphatic heterocycles. The highest BCUT2D eigenvalue weighted by Gasteiger charge is 2.30. The van der Waals surface area contributed by atoms with Crippen LogP contribution >= 0.6 is 46.4 Å². The Kier molecular flexibility index (Phi) is 9.76. The molecule has 2 amide bonds. The van der Waals surface area contributed by atoms with Gasteiger partial charge in [0.05, 0.1) is 5.02 Å². The molecule has 0 bridgehead atoms. The van der Waals surface area contributed by atoms with Gasteiger partial charge >= 0.3 is 0 Å². The molecule has 9 heteroatoms. The summed E-state index contributed by atoms with van der Waals surface area (Å²) in [4.78, 5) is 27.4. The first-order chi connectivity index (χ1) is 14.6. The maximum absolute atomic E-state index is 13.2. The average molecular weight is 506 g/mol. The molecule has 2 aromatic rings. The number of nitrogens with zero attached hydrogens (tertiary/aromatic N) is 1. The molecule has 0 radical (unpaired) electrons. The lowest BCUT2D eigenvalue weighted by molar-refractivity contribution is -0.143. The number of rotatable bonds is 9. The van der Waals surface area contributed by atoms with Crippen LogP contribution in [0.3, 0.4) is 0 Å². The Balaban J connectivity index is 2.27. The molecule has 0 aliphatic carbocycles. The fourth-order valence-corrected chi connectivity index (χ4v) is 3.88. The van der Waals surface area contributed by atoms with E-state index in [-0.39, 0.29) is 36.0 Å². The zero-order valence-electron chi connectivity index (χ0n) is 17.4. The summed E-state index contributed by atoms with van der Waals surface area (Å²) in [6.45, 7) is 5.37. The molecule has 0 fully saturated rings. The van der Waals surface area contributed by atoms with E-state index in [1.807, 2.05) is 20.8 Å². The van der Waals surface area contributed by atoms with Crippen molar-refractivity contribution in [3.8, 4) is 5.75 Å². The minimum atomic E-state index is -0.703. The van der Waals surface area contributed by atoms with Crippen LogP contribution in [0, 0.1) is 0 Å². The molecule has 0 spiro atoms. The van der Waals surface area contributed by atoms with Gasteiger partial charge in [-0.1, -0.05) is 59.4 Å². The topological polar surface area (TPSA) is 58.6 Å². The summed E-state index contributed by atoms with van der Waals surface area (Å²) in [5, 5.41) is 4.50. The number of benzene rings is 2. The van der Waals surface area contributed by atoms with Crippen molar-refractivity contribution in [2.45, 2.75) is 45.8 Å². The Morgan fingerprint density at radius 2 is 1.61 bits per heavy atom. The van der Waals surface area contributed by atoms with Crippen LogP contribution in [-0.4, -0.2) is 35.4 Å².